The van der Waals surface area contributed by atoms with Crippen molar-refractivity contribution >= 4 is 17.8 Å². The third-order valence-electron chi connectivity index (χ3n) is 6.95. The molecule has 2 aliphatic carbocycles. The number of nitrogens with zero attached hydrogens (tertiary/aromatic N) is 1. The van der Waals surface area contributed by atoms with Gasteiger partial charge in [-0.1, -0.05) is 50.3 Å². The molecule has 2 aliphatic rings. The van der Waals surface area contributed by atoms with Gasteiger partial charge in [0.15, 0.2) is 0 Å². The number of methoxy groups -OCH3 is 1. The molecule has 0 spiro atoms. The molecular formula is C30H35NO4. The Kier molecular flexibility index (Phi) is 8.06. The van der Waals surface area contributed by atoms with Crippen LogP contribution in [-0.2, 0) is 16.1 Å². The van der Waals surface area contributed by atoms with Crippen molar-refractivity contribution in [2.75, 3.05) is 13.7 Å². The summed E-state index contributed by atoms with van der Waals surface area (Å²) in [5, 5.41) is 9.40. The fraction of sp³-hybridized carbons (Fsp3) is 0.400. The van der Waals surface area contributed by atoms with E-state index in [1.54, 1.807) is 7.11 Å². The van der Waals surface area contributed by atoms with E-state index in [1.165, 1.54) is 24.8 Å². The summed E-state index contributed by atoms with van der Waals surface area (Å²) >= 11 is 0. The minimum atomic E-state index is -0.759. The van der Waals surface area contributed by atoms with Gasteiger partial charge in [0.1, 0.15) is 18.1 Å². The van der Waals surface area contributed by atoms with Gasteiger partial charge < -0.3 is 14.6 Å². The minimum absolute atomic E-state index is 0.0291. The first-order valence-corrected chi connectivity index (χ1v) is 12.5. The summed E-state index contributed by atoms with van der Waals surface area (Å²) in [6, 6.07) is 14.6. The number of aliphatic carboxylic acids is 1. The molecule has 1 N–H and O–H groups in total. The molecule has 5 nitrogen and oxygen atoms in total. The number of carbonyl (C=O) groups is 1. The second-order valence-electron chi connectivity index (χ2n) is 9.50. The maximum absolute atomic E-state index is 11.4. The van der Waals surface area contributed by atoms with E-state index < -0.39 is 5.97 Å². The number of carboxylic acids is 1. The van der Waals surface area contributed by atoms with Crippen molar-refractivity contribution in [3.05, 3.63) is 83.1 Å². The van der Waals surface area contributed by atoms with Crippen LogP contribution in [0.5, 0.6) is 5.75 Å². The molecule has 2 atom stereocenters. The van der Waals surface area contributed by atoms with E-state index in [4.69, 9.17) is 9.47 Å². The zero-order valence-electron chi connectivity index (χ0n) is 20.7. The average Bonchev–Trinajstić information content (AvgIpc) is 3.63. The molecular weight excluding hydrogens is 438 g/mol. The molecule has 0 amide bonds. The van der Waals surface area contributed by atoms with Gasteiger partial charge in [-0.15, -0.1) is 0 Å². The molecule has 0 saturated heterocycles. The molecule has 4 rings (SSSR count). The Hall–Kier alpha value is -3.34. The number of allylic oxidation sites excluding steroid dienone is 2. The zero-order valence-corrected chi connectivity index (χ0v) is 20.7. The second kappa shape index (κ2) is 11.4. The maximum atomic E-state index is 11.4. The van der Waals surface area contributed by atoms with Gasteiger partial charge >= 0.3 is 5.97 Å². The second-order valence-corrected chi connectivity index (χ2v) is 9.50. The first-order chi connectivity index (χ1) is 17.0. The summed E-state index contributed by atoms with van der Waals surface area (Å²) in [4.78, 5) is 16.0. The lowest BCUT2D eigenvalue weighted by Gasteiger charge is -2.25. The Morgan fingerprint density at radius 1 is 1.20 bits per heavy atom. The SMILES string of the molecule is C=C(/C=C(\C=NCCC)c1ccc(OC)c(C2CC2C(=O)O)c1)OCc1ccc(C2CCC2)cc1. The maximum Gasteiger partial charge on any atom is 0.307 e. The van der Waals surface area contributed by atoms with Crippen LogP contribution in [0.3, 0.4) is 0 Å². The van der Waals surface area contributed by atoms with Crippen molar-refractivity contribution in [1.82, 2.24) is 0 Å². The van der Waals surface area contributed by atoms with Crippen LogP contribution in [0, 0.1) is 5.92 Å². The molecule has 2 saturated carbocycles. The molecule has 0 bridgehead atoms. The van der Waals surface area contributed by atoms with E-state index in [2.05, 4.69) is 42.8 Å². The van der Waals surface area contributed by atoms with Crippen LogP contribution in [0.4, 0.5) is 0 Å². The van der Waals surface area contributed by atoms with E-state index >= 15 is 0 Å². The van der Waals surface area contributed by atoms with Gasteiger partial charge in [0.05, 0.1) is 13.0 Å². The highest BCUT2D eigenvalue weighted by molar-refractivity contribution is 6.10. The molecule has 0 aliphatic heterocycles. The third kappa shape index (κ3) is 6.21. The molecule has 0 aromatic heterocycles. The smallest absolute Gasteiger partial charge is 0.307 e. The molecule has 0 radical (unpaired) electrons. The molecule has 2 aromatic carbocycles. The average molecular weight is 474 g/mol. The van der Waals surface area contributed by atoms with Crippen molar-refractivity contribution in [2.45, 2.75) is 57.5 Å². The largest absolute Gasteiger partial charge is 0.496 e. The van der Waals surface area contributed by atoms with Gasteiger partial charge in [0.2, 0.25) is 0 Å². The quantitative estimate of drug-likeness (QED) is 0.210. The highest BCUT2D eigenvalue weighted by atomic mass is 16.5. The summed E-state index contributed by atoms with van der Waals surface area (Å²) in [6.45, 7) is 7.38. The van der Waals surface area contributed by atoms with E-state index in [-0.39, 0.29) is 11.8 Å². The summed E-state index contributed by atoms with van der Waals surface area (Å²) in [7, 11) is 1.62. The van der Waals surface area contributed by atoms with Crippen LogP contribution < -0.4 is 4.74 Å². The Labute approximate surface area is 208 Å². The molecule has 2 aromatic rings. The Morgan fingerprint density at radius 3 is 2.57 bits per heavy atom. The molecule has 2 unspecified atom stereocenters. The van der Waals surface area contributed by atoms with E-state index in [9.17, 15) is 9.90 Å². The third-order valence-corrected chi connectivity index (χ3v) is 6.95. The van der Waals surface area contributed by atoms with Gasteiger partial charge in [-0.3, -0.25) is 9.79 Å². The number of benzene rings is 2. The van der Waals surface area contributed by atoms with Gasteiger partial charge in [-0.2, -0.15) is 0 Å². The van der Waals surface area contributed by atoms with E-state index in [1.807, 2.05) is 30.5 Å². The van der Waals surface area contributed by atoms with E-state index in [0.29, 0.717) is 24.5 Å². The lowest BCUT2D eigenvalue weighted by molar-refractivity contribution is -0.138. The lowest BCUT2D eigenvalue weighted by Crippen LogP contribution is -2.08. The van der Waals surface area contributed by atoms with Gasteiger partial charge in [-0.25, -0.2) is 0 Å². The normalized spacial score (nSPS) is 19.9. The first-order valence-electron chi connectivity index (χ1n) is 12.5. The molecule has 184 valence electrons. The molecule has 0 heterocycles. The highest BCUT2D eigenvalue weighted by Gasteiger charge is 2.45. The van der Waals surface area contributed by atoms with Crippen LogP contribution in [-0.4, -0.2) is 30.9 Å². The number of hydrogen-bond acceptors (Lipinski definition) is 4. The van der Waals surface area contributed by atoms with Crippen LogP contribution in [0.1, 0.15) is 73.1 Å². The van der Waals surface area contributed by atoms with Crippen molar-refractivity contribution < 1.29 is 19.4 Å². The van der Waals surface area contributed by atoms with Crippen LogP contribution >= 0.6 is 0 Å². The highest BCUT2D eigenvalue weighted by Crippen LogP contribution is 2.51. The fourth-order valence-corrected chi connectivity index (χ4v) is 4.52. The van der Waals surface area contributed by atoms with Crippen molar-refractivity contribution in [3.63, 3.8) is 0 Å². The van der Waals surface area contributed by atoms with E-state index in [0.717, 1.165) is 41.1 Å². The summed E-state index contributed by atoms with van der Waals surface area (Å²) in [6.07, 6.45) is 9.26. The summed E-state index contributed by atoms with van der Waals surface area (Å²) < 4.78 is 11.5. The van der Waals surface area contributed by atoms with Gasteiger partial charge in [0, 0.05) is 24.3 Å². The van der Waals surface area contributed by atoms with Gasteiger partial charge in [-0.05, 0) is 72.1 Å². The zero-order chi connectivity index (χ0) is 24.8. The number of aliphatic imine (C=N–C) groups is 1. The minimum Gasteiger partial charge on any atom is -0.496 e. The van der Waals surface area contributed by atoms with Crippen molar-refractivity contribution in [1.29, 1.82) is 0 Å². The van der Waals surface area contributed by atoms with Crippen molar-refractivity contribution in [2.24, 2.45) is 10.9 Å². The fourth-order valence-electron chi connectivity index (χ4n) is 4.52. The number of ether oxygens (including phenoxy) is 2. The Balaban J connectivity index is 1.49. The summed E-state index contributed by atoms with van der Waals surface area (Å²) in [5.74, 6) is 0.854. The Bertz CT molecular complexity index is 1110. The number of hydrogen-bond donors (Lipinski definition) is 1. The predicted octanol–water partition coefficient (Wildman–Crippen LogP) is 6.75. The Morgan fingerprint density at radius 2 is 1.97 bits per heavy atom. The van der Waals surface area contributed by atoms with Crippen molar-refractivity contribution in [3.8, 4) is 5.75 Å². The van der Waals surface area contributed by atoms with Crippen LogP contribution in [0.25, 0.3) is 5.57 Å². The van der Waals surface area contributed by atoms with Crippen LogP contribution in [0.15, 0.2) is 65.9 Å². The molecule has 5 heteroatoms. The summed E-state index contributed by atoms with van der Waals surface area (Å²) in [5.41, 5.74) is 5.27. The van der Waals surface area contributed by atoms with Gasteiger partial charge in [0.25, 0.3) is 0 Å². The number of carboxylic acid groups (broad SMARTS) is 1. The first kappa shape index (κ1) is 24.8. The molecule has 35 heavy (non-hydrogen) atoms. The number of rotatable bonds is 12. The predicted molar refractivity (Wildman–Crippen MR) is 140 cm³/mol. The van der Waals surface area contributed by atoms with Crippen LogP contribution in [0.2, 0.25) is 0 Å². The molecule has 2 fully saturated rings. The topological polar surface area (TPSA) is 68.1 Å². The standard InChI is InChI=1S/C30H35NO4/c1-4-14-31-18-25(24-12-13-29(34-3)27(16-24)26-17-28(26)30(32)33)15-20(2)35-19-21-8-10-23(11-9-21)22-6-5-7-22/h8-13,15-16,18,22,26,28H,2,4-7,14,17,19H2,1,3H3,(H,32,33)/b25-15+,31-18?. The monoisotopic (exact) mass is 473 g/mol. The lowest BCUT2D eigenvalue weighted by atomic mass is 9.80.